The molecule has 3 rings (SSSR count). The number of nitrogens with zero attached hydrogens (tertiary/aromatic N) is 2. The molecule has 130 valence electrons. The van der Waals surface area contributed by atoms with Gasteiger partial charge in [-0.1, -0.05) is 18.2 Å². The second-order valence-corrected chi connectivity index (χ2v) is 6.45. The van der Waals surface area contributed by atoms with Crippen molar-refractivity contribution in [3.63, 3.8) is 0 Å². The van der Waals surface area contributed by atoms with Gasteiger partial charge in [-0.3, -0.25) is 4.79 Å². The zero-order valence-corrected chi connectivity index (χ0v) is 14.9. The molecule has 1 heterocycles. The SMILES string of the molecule is CC(=O)c1cccc(NC(=S)N2CCN(c3cccc(O)c3)CC2)c1. The van der Waals surface area contributed by atoms with Crippen molar-refractivity contribution >= 4 is 34.5 Å². The van der Waals surface area contributed by atoms with Crippen molar-refractivity contribution < 1.29 is 9.90 Å². The van der Waals surface area contributed by atoms with E-state index in [1.54, 1.807) is 25.1 Å². The Bertz CT molecular complexity index is 786. The van der Waals surface area contributed by atoms with E-state index in [2.05, 4.69) is 15.1 Å². The maximum atomic E-state index is 11.5. The summed E-state index contributed by atoms with van der Waals surface area (Å²) in [5.74, 6) is 0.316. The Balaban J connectivity index is 1.58. The quantitative estimate of drug-likeness (QED) is 0.652. The standard InChI is InChI=1S/C19H21N3O2S/c1-14(23)15-4-2-5-16(12-15)20-19(25)22-10-8-21(9-11-22)17-6-3-7-18(24)13-17/h2-7,12-13,24H,8-11H2,1H3,(H,20,25). The van der Waals surface area contributed by atoms with E-state index < -0.39 is 0 Å². The van der Waals surface area contributed by atoms with Gasteiger partial charge < -0.3 is 20.2 Å². The van der Waals surface area contributed by atoms with E-state index in [4.69, 9.17) is 12.2 Å². The zero-order chi connectivity index (χ0) is 17.8. The van der Waals surface area contributed by atoms with Gasteiger partial charge in [-0.25, -0.2) is 0 Å². The minimum absolute atomic E-state index is 0.0364. The van der Waals surface area contributed by atoms with Gasteiger partial charge in [-0.05, 0) is 43.4 Å². The maximum absolute atomic E-state index is 11.5. The third kappa shape index (κ3) is 4.28. The molecule has 0 amide bonds. The number of phenols is 1. The van der Waals surface area contributed by atoms with Gasteiger partial charge >= 0.3 is 0 Å². The van der Waals surface area contributed by atoms with Crippen molar-refractivity contribution in [3.8, 4) is 5.75 Å². The molecule has 0 spiro atoms. The first kappa shape index (κ1) is 17.2. The number of rotatable bonds is 3. The highest BCUT2D eigenvalue weighted by Crippen LogP contribution is 2.21. The highest BCUT2D eigenvalue weighted by molar-refractivity contribution is 7.80. The molecule has 6 heteroatoms. The number of hydrogen-bond acceptors (Lipinski definition) is 4. The second-order valence-electron chi connectivity index (χ2n) is 6.06. The molecule has 5 nitrogen and oxygen atoms in total. The number of ketones is 1. The summed E-state index contributed by atoms with van der Waals surface area (Å²) in [6.45, 7) is 4.82. The number of Topliss-reactive ketones (excluding diaryl/α,β-unsaturated/α-hetero) is 1. The molecule has 0 radical (unpaired) electrons. The highest BCUT2D eigenvalue weighted by atomic mass is 32.1. The summed E-state index contributed by atoms with van der Waals surface area (Å²) in [6.07, 6.45) is 0. The molecule has 2 aromatic rings. The molecule has 2 aromatic carbocycles. The number of carbonyl (C=O) groups excluding carboxylic acids is 1. The molecular formula is C19H21N3O2S. The summed E-state index contributed by atoms with van der Waals surface area (Å²) in [5.41, 5.74) is 2.52. The van der Waals surface area contributed by atoms with Crippen LogP contribution in [0.4, 0.5) is 11.4 Å². The molecule has 1 fully saturated rings. The van der Waals surface area contributed by atoms with Gasteiger partial charge in [0.25, 0.3) is 0 Å². The summed E-state index contributed by atoms with van der Waals surface area (Å²) >= 11 is 5.51. The van der Waals surface area contributed by atoms with Crippen LogP contribution in [0.15, 0.2) is 48.5 Å². The van der Waals surface area contributed by atoms with Crippen molar-refractivity contribution in [2.24, 2.45) is 0 Å². The van der Waals surface area contributed by atoms with E-state index in [-0.39, 0.29) is 11.5 Å². The third-order valence-corrected chi connectivity index (χ3v) is 4.64. The number of aromatic hydroxyl groups is 1. The minimum atomic E-state index is 0.0364. The van der Waals surface area contributed by atoms with Gasteiger partial charge in [0.05, 0.1) is 0 Å². The zero-order valence-electron chi connectivity index (χ0n) is 14.1. The Morgan fingerprint density at radius 1 is 1.08 bits per heavy atom. The van der Waals surface area contributed by atoms with Gasteiger partial charge in [0.1, 0.15) is 5.75 Å². The van der Waals surface area contributed by atoms with E-state index in [1.807, 2.05) is 30.3 Å². The van der Waals surface area contributed by atoms with Crippen LogP contribution >= 0.6 is 12.2 Å². The number of benzene rings is 2. The Hall–Kier alpha value is -2.60. The lowest BCUT2D eigenvalue weighted by molar-refractivity contribution is 0.101. The number of thiocarbonyl (C=S) groups is 1. The molecule has 2 N–H and O–H groups in total. The van der Waals surface area contributed by atoms with E-state index >= 15 is 0 Å². The van der Waals surface area contributed by atoms with Crippen LogP contribution in [0.1, 0.15) is 17.3 Å². The fourth-order valence-corrected chi connectivity index (χ4v) is 3.18. The van der Waals surface area contributed by atoms with Gasteiger partial charge in [-0.15, -0.1) is 0 Å². The summed E-state index contributed by atoms with van der Waals surface area (Å²) in [7, 11) is 0. The van der Waals surface area contributed by atoms with E-state index in [1.165, 1.54) is 0 Å². The predicted octanol–water partition coefficient (Wildman–Crippen LogP) is 3.11. The molecule has 0 aliphatic carbocycles. The van der Waals surface area contributed by atoms with Gasteiger partial charge in [0.15, 0.2) is 10.9 Å². The number of anilines is 2. The van der Waals surface area contributed by atoms with Gasteiger partial charge in [-0.2, -0.15) is 0 Å². The van der Waals surface area contributed by atoms with Crippen molar-refractivity contribution in [3.05, 3.63) is 54.1 Å². The first-order chi connectivity index (χ1) is 12.0. The minimum Gasteiger partial charge on any atom is -0.508 e. The topological polar surface area (TPSA) is 55.8 Å². The van der Waals surface area contributed by atoms with E-state index in [0.717, 1.165) is 37.6 Å². The Morgan fingerprint density at radius 2 is 1.80 bits per heavy atom. The van der Waals surface area contributed by atoms with Gasteiger partial charge in [0, 0.05) is 49.2 Å². The van der Waals surface area contributed by atoms with Crippen LogP contribution in [0, 0.1) is 0 Å². The molecule has 0 aromatic heterocycles. The molecular weight excluding hydrogens is 334 g/mol. The number of nitrogens with one attached hydrogen (secondary N) is 1. The van der Waals surface area contributed by atoms with Crippen molar-refractivity contribution in [1.29, 1.82) is 0 Å². The normalized spacial score (nSPS) is 14.3. The largest absolute Gasteiger partial charge is 0.508 e. The van der Waals surface area contributed by atoms with Crippen molar-refractivity contribution in [1.82, 2.24) is 4.90 Å². The van der Waals surface area contributed by atoms with Crippen molar-refractivity contribution in [2.75, 3.05) is 36.4 Å². The molecule has 1 aliphatic heterocycles. The van der Waals surface area contributed by atoms with Crippen LogP contribution in [0.3, 0.4) is 0 Å². The summed E-state index contributed by atoms with van der Waals surface area (Å²) < 4.78 is 0. The third-order valence-electron chi connectivity index (χ3n) is 4.28. The number of phenolic OH excluding ortho intramolecular Hbond substituents is 1. The smallest absolute Gasteiger partial charge is 0.173 e. The lowest BCUT2D eigenvalue weighted by atomic mass is 10.1. The molecule has 0 unspecified atom stereocenters. The molecule has 0 saturated carbocycles. The number of carbonyl (C=O) groups is 1. The molecule has 0 bridgehead atoms. The van der Waals surface area contributed by atoms with Gasteiger partial charge in [0.2, 0.25) is 0 Å². The molecule has 0 atom stereocenters. The maximum Gasteiger partial charge on any atom is 0.173 e. The van der Waals surface area contributed by atoms with Crippen LogP contribution in [0.5, 0.6) is 5.75 Å². The highest BCUT2D eigenvalue weighted by Gasteiger charge is 2.19. The van der Waals surface area contributed by atoms with Crippen LogP contribution in [-0.4, -0.2) is 47.1 Å². The Kier molecular flexibility index (Phi) is 5.19. The summed E-state index contributed by atoms with van der Waals surface area (Å²) in [6, 6.07) is 14.7. The Labute approximate surface area is 152 Å². The predicted molar refractivity (Wildman–Crippen MR) is 105 cm³/mol. The summed E-state index contributed by atoms with van der Waals surface area (Å²) in [4.78, 5) is 15.8. The average molecular weight is 355 g/mol. The average Bonchev–Trinajstić information content (AvgIpc) is 2.62. The second kappa shape index (κ2) is 7.53. The monoisotopic (exact) mass is 355 g/mol. The van der Waals surface area contributed by atoms with Crippen LogP contribution in [0.25, 0.3) is 0 Å². The van der Waals surface area contributed by atoms with E-state index in [0.29, 0.717) is 10.7 Å². The number of piperazine rings is 1. The summed E-state index contributed by atoms with van der Waals surface area (Å²) in [5, 5.41) is 13.5. The van der Waals surface area contributed by atoms with E-state index in [9.17, 15) is 9.90 Å². The fraction of sp³-hybridized carbons (Fsp3) is 0.263. The Morgan fingerprint density at radius 3 is 2.48 bits per heavy atom. The van der Waals surface area contributed by atoms with Crippen LogP contribution < -0.4 is 10.2 Å². The first-order valence-corrected chi connectivity index (χ1v) is 8.64. The van der Waals surface area contributed by atoms with Crippen molar-refractivity contribution in [2.45, 2.75) is 6.92 Å². The number of hydrogen-bond donors (Lipinski definition) is 2. The molecule has 1 aliphatic rings. The first-order valence-electron chi connectivity index (χ1n) is 8.24. The molecule has 1 saturated heterocycles. The van der Waals surface area contributed by atoms with Crippen LogP contribution in [0.2, 0.25) is 0 Å². The van der Waals surface area contributed by atoms with Crippen LogP contribution in [-0.2, 0) is 0 Å². The molecule has 25 heavy (non-hydrogen) atoms. The lowest BCUT2D eigenvalue weighted by Gasteiger charge is -2.37. The fourth-order valence-electron chi connectivity index (χ4n) is 2.88. The lowest BCUT2D eigenvalue weighted by Crippen LogP contribution is -2.50.